The van der Waals surface area contributed by atoms with Crippen LogP contribution < -0.4 is 5.32 Å². The summed E-state index contributed by atoms with van der Waals surface area (Å²) in [6.07, 6.45) is -0.116. The minimum atomic E-state index is -1.15. The van der Waals surface area contributed by atoms with Gasteiger partial charge in [-0.1, -0.05) is 30.9 Å². The topological polar surface area (TPSA) is 86.6 Å². The van der Waals surface area contributed by atoms with E-state index in [2.05, 4.69) is 24.1 Å². The van der Waals surface area contributed by atoms with Gasteiger partial charge in [-0.2, -0.15) is 0 Å². The van der Waals surface area contributed by atoms with Gasteiger partial charge in [0, 0.05) is 16.7 Å². The molecule has 2 aromatic carbocycles. The molecule has 5 heteroatoms. The molecule has 0 saturated carbocycles. The third-order valence-corrected chi connectivity index (χ3v) is 4.13. The minimum absolute atomic E-state index is 0.337. The smallest absolute Gasteiger partial charge is 0.251 e. The van der Waals surface area contributed by atoms with Crippen molar-refractivity contribution in [3.8, 4) is 11.8 Å². The largest absolute Gasteiger partial charge is 0.391 e. The molecular formula is C22H23NO4. The molecule has 0 aromatic heterocycles. The van der Waals surface area contributed by atoms with Crippen LogP contribution in [0.25, 0.3) is 0 Å². The van der Waals surface area contributed by atoms with Gasteiger partial charge >= 0.3 is 0 Å². The first-order valence-corrected chi connectivity index (χ1v) is 8.78. The standard InChI is InChI=1S/C22H23NO4/c1-3-16-4-6-17(7-5-16)8-9-18-10-12-19(13-11-18)22(27)23-21(15(2)25)20(26)14-24/h4-7,10-13,15,21,24-25H,3,14H2,1-2H3,(H,23,27)/t15-,21+/m1/s1. The van der Waals surface area contributed by atoms with E-state index in [-0.39, 0.29) is 0 Å². The van der Waals surface area contributed by atoms with Crippen LogP contribution in [0.5, 0.6) is 0 Å². The molecule has 0 fully saturated rings. The second-order valence-electron chi connectivity index (χ2n) is 6.19. The Kier molecular flexibility index (Phi) is 7.30. The lowest BCUT2D eigenvalue weighted by Gasteiger charge is -2.19. The van der Waals surface area contributed by atoms with Gasteiger partial charge in [0.1, 0.15) is 12.6 Å². The van der Waals surface area contributed by atoms with Crippen molar-refractivity contribution in [2.24, 2.45) is 0 Å². The summed E-state index contributed by atoms with van der Waals surface area (Å²) in [5.74, 6) is 4.97. The number of benzene rings is 2. The molecule has 5 nitrogen and oxygen atoms in total. The Balaban J connectivity index is 2.07. The number of ketones is 1. The quantitative estimate of drug-likeness (QED) is 0.680. The Morgan fingerprint density at radius 2 is 1.52 bits per heavy atom. The maximum atomic E-state index is 12.2. The summed E-state index contributed by atoms with van der Waals surface area (Å²) in [6, 6.07) is 13.5. The van der Waals surface area contributed by atoms with E-state index < -0.39 is 30.4 Å². The van der Waals surface area contributed by atoms with Crippen molar-refractivity contribution >= 4 is 11.7 Å². The van der Waals surface area contributed by atoms with Crippen molar-refractivity contribution in [1.29, 1.82) is 0 Å². The molecule has 0 aliphatic rings. The molecule has 2 rings (SSSR count). The molecule has 3 N–H and O–H groups in total. The average molecular weight is 365 g/mol. The van der Waals surface area contributed by atoms with Crippen LogP contribution in [0.3, 0.4) is 0 Å². The van der Waals surface area contributed by atoms with Gasteiger partial charge in [0.05, 0.1) is 6.10 Å². The Morgan fingerprint density at radius 1 is 1.00 bits per heavy atom. The van der Waals surface area contributed by atoms with E-state index in [0.29, 0.717) is 5.56 Å². The third kappa shape index (κ3) is 5.78. The lowest BCUT2D eigenvalue weighted by atomic mass is 10.1. The average Bonchev–Trinajstić information content (AvgIpc) is 2.70. The van der Waals surface area contributed by atoms with Gasteiger partial charge < -0.3 is 15.5 Å². The van der Waals surface area contributed by atoms with E-state index >= 15 is 0 Å². The number of aliphatic hydroxyl groups is 2. The number of hydrogen-bond donors (Lipinski definition) is 3. The van der Waals surface area contributed by atoms with Crippen molar-refractivity contribution in [1.82, 2.24) is 5.32 Å². The molecule has 0 saturated heterocycles. The van der Waals surface area contributed by atoms with Gasteiger partial charge in [0.25, 0.3) is 5.91 Å². The van der Waals surface area contributed by atoms with E-state index in [1.165, 1.54) is 12.5 Å². The third-order valence-electron chi connectivity index (χ3n) is 4.13. The fourth-order valence-electron chi connectivity index (χ4n) is 2.47. The van der Waals surface area contributed by atoms with E-state index in [9.17, 15) is 14.7 Å². The Labute approximate surface area is 159 Å². The molecule has 2 atom stereocenters. The highest BCUT2D eigenvalue weighted by molar-refractivity contribution is 5.98. The van der Waals surface area contributed by atoms with Crippen molar-refractivity contribution < 1.29 is 19.8 Å². The first-order valence-electron chi connectivity index (χ1n) is 8.78. The summed E-state index contributed by atoms with van der Waals surface area (Å²) in [4.78, 5) is 23.8. The monoisotopic (exact) mass is 365 g/mol. The fraction of sp³-hybridized carbons (Fsp3) is 0.273. The Bertz CT molecular complexity index is 843. The van der Waals surface area contributed by atoms with Crippen LogP contribution in [0.15, 0.2) is 48.5 Å². The normalized spacial score (nSPS) is 12.4. The maximum absolute atomic E-state index is 12.2. The van der Waals surface area contributed by atoms with Crippen molar-refractivity contribution in [2.45, 2.75) is 32.4 Å². The first-order chi connectivity index (χ1) is 12.9. The molecule has 140 valence electrons. The number of nitrogens with one attached hydrogen (secondary N) is 1. The SMILES string of the molecule is CCc1ccc(C#Cc2ccc(C(=O)N[C@H](C(=O)CO)[C@@H](C)O)cc2)cc1. The molecule has 27 heavy (non-hydrogen) atoms. The zero-order valence-electron chi connectivity index (χ0n) is 15.4. The van der Waals surface area contributed by atoms with Crippen LogP contribution in [-0.2, 0) is 11.2 Å². The molecule has 0 bridgehead atoms. The Morgan fingerprint density at radius 3 is 1.96 bits per heavy atom. The zero-order valence-corrected chi connectivity index (χ0v) is 15.4. The molecule has 0 aliphatic heterocycles. The number of aryl methyl sites for hydroxylation is 1. The summed E-state index contributed by atoms with van der Waals surface area (Å²) >= 11 is 0. The van der Waals surface area contributed by atoms with Gasteiger partial charge in [0.15, 0.2) is 5.78 Å². The summed E-state index contributed by atoms with van der Waals surface area (Å²) in [5, 5.41) is 21.0. The maximum Gasteiger partial charge on any atom is 0.251 e. The number of Topliss-reactive ketones (excluding diaryl/α,β-unsaturated/α-hetero) is 1. The Hall–Kier alpha value is -2.94. The number of carbonyl (C=O) groups is 2. The highest BCUT2D eigenvalue weighted by Gasteiger charge is 2.25. The van der Waals surface area contributed by atoms with Gasteiger partial charge in [0.2, 0.25) is 0 Å². The van der Waals surface area contributed by atoms with Crippen LogP contribution in [0, 0.1) is 11.8 Å². The van der Waals surface area contributed by atoms with Crippen molar-refractivity contribution in [2.75, 3.05) is 6.61 Å². The number of hydrogen-bond acceptors (Lipinski definition) is 4. The predicted molar refractivity (Wildman–Crippen MR) is 103 cm³/mol. The molecule has 0 unspecified atom stereocenters. The summed E-state index contributed by atoms with van der Waals surface area (Å²) < 4.78 is 0. The van der Waals surface area contributed by atoms with Crippen molar-refractivity contribution in [3.05, 3.63) is 70.8 Å². The second kappa shape index (κ2) is 9.67. The molecule has 2 aromatic rings. The first kappa shape index (κ1) is 20.4. The predicted octanol–water partition coefficient (Wildman–Crippen LogP) is 1.69. The fourth-order valence-corrected chi connectivity index (χ4v) is 2.47. The number of amides is 1. The lowest BCUT2D eigenvalue weighted by Crippen LogP contribution is -2.48. The number of aliphatic hydroxyl groups excluding tert-OH is 2. The lowest BCUT2D eigenvalue weighted by molar-refractivity contribution is -0.125. The van der Waals surface area contributed by atoms with E-state index in [1.54, 1.807) is 24.3 Å². The summed E-state index contributed by atoms with van der Waals surface area (Å²) in [7, 11) is 0. The minimum Gasteiger partial charge on any atom is -0.391 e. The van der Waals surface area contributed by atoms with Crippen LogP contribution in [0.1, 0.15) is 40.9 Å². The number of rotatable bonds is 6. The molecule has 0 spiro atoms. The highest BCUT2D eigenvalue weighted by Crippen LogP contribution is 2.07. The van der Waals surface area contributed by atoms with Crippen molar-refractivity contribution in [3.63, 3.8) is 0 Å². The second-order valence-corrected chi connectivity index (χ2v) is 6.19. The molecule has 0 aliphatic carbocycles. The van der Waals surface area contributed by atoms with Crippen LogP contribution >= 0.6 is 0 Å². The summed E-state index contributed by atoms with van der Waals surface area (Å²) in [5.41, 5.74) is 3.26. The zero-order chi connectivity index (χ0) is 19.8. The van der Waals surface area contributed by atoms with Crippen LogP contribution in [0.4, 0.5) is 0 Å². The van der Waals surface area contributed by atoms with Crippen LogP contribution in [0.2, 0.25) is 0 Å². The molecule has 1 amide bonds. The van der Waals surface area contributed by atoms with E-state index in [0.717, 1.165) is 17.5 Å². The molecule has 0 heterocycles. The molecule has 0 radical (unpaired) electrons. The van der Waals surface area contributed by atoms with Gasteiger partial charge in [-0.05, 0) is 55.3 Å². The van der Waals surface area contributed by atoms with Gasteiger partial charge in [-0.25, -0.2) is 0 Å². The van der Waals surface area contributed by atoms with Gasteiger partial charge in [-0.15, -0.1) is 0 Å². The van der Waals surface area contributed by atoms with E-state index in [1.807, 2.05) is 24.3 Å². The highest BCUT2D eigenvalue weighted by atomic mass is 16.3. The van der Waals surface area contributed by atoms with E-state index in [4.69, 9.17) is 5.11 Å². The van der Waals surface area contributed by atoms with Gasteiger partial charge in [-0.3, -0.25) is 9.59 Å². The van der Waals surface area contributed by atoms with Crippen LogP contribution in [-0.4, -0.2) is 40.7 Å². The molecular weight excluding hydrogens is 342 g/mol. The number of carbonyl (C=O) groups excluding carboxylic acids is 2. The summed E-state index contributed by atoms with van der Waals surface area (Å²) in [6.45, 7) is 2.73.